The molecule has 4 aromatic carbocycles. The third kappa shape index (κ3) is 5.13. The van der Waals surface area contributed by atoms with Gasteiger partial charge in [-0.25, -0.2) is 8.78 Å². The Hall–Kier alpha value is -2.56. The first-order chi connectivity index (χ1) is 14.7. The first kappa shape index (κ1) is 20.7. The van der Waals surface area contributed by atoms with Gasteiger partial charge >= 0.3 is 0 Å². The molecular formula is C26H20F2S2. The van der Waals surface area contributed by atoms with E-state index in [1.54, 1.807) is 21.6 Å². The standard InChI is InChI=1S/C26H20F2S2/c27-23-15-11-21(12-16-23)25(19-7-3-1-4-8-19)29-30-26(20-9-5-2-6-10-20)22-13-17-24(28)18-14-22/h1-18,25-26H. The summed E-state index contributed by atoms with van der Waals surface area (Å²) in [6.07, 6.45) is 0. The predicted molar refractivity (Wildman–Crippen MR) is 125 cm³/mol. The van der Waals surface area contributed by atoms with Crippen LogP contribution in [0.4, 0.5) is 8.78 Å². The minimum Gasteiger partial charge on any atom is -0.207 e. The molecule has 0 amide bonds. The van der Waals surface area contributed by atoms with Crippen LogP contribution in [-0.4, -0.2) is 0 Å². The van der Waals surface area contributed by atoms with E-state index >= 15 is 0 Å². The molecule has 4 aromatic rings. The van der Waals surface area contributed by atoms with Crippen molar-refractivity contribution in [2.45, 2.75) is 10.5 Å². The molecule has 0 radical (unpaired) electrons. The molecule has 150 valence electrons. The summed E-state index contributed by atoms with van der Waals surface area (Å²) in [5.74, 6) is -0.478. The number of hydrogen-bond acceptors (Lipinski definition) is 2. The summed E-state index contributed by atoms with van der Waals surface area (Å²) in [4.78, 5) is 0. The molecule has 0 N–H and O–H groups in total. The minimum atomic E-state index is -0.239. The van der Waals surface area contributed by atoms with Crippen molar-refractivity contribution < 1.29 is 8.78 Å². The maximum atomic E-state index is 13.5. The quantitative estimate of drug-likeness (QED) is 0.269. The molecule has 0 saturated heterocycles. The Labute approximate surface area is 183 Å². The topological polar surface area (TPSA) is 0 Å². The highest BCUT2D eigenvalue weighted by Gasteiger charge is 2.21. The lowest BCUT2D eigenvalue weighted by atomic mass is 10.0. The van der Waals surface area contributed by atoms with E-state index in [2.05, 4.69) is 24.3 Å². The zero-order valence-corrected chi connectivity index (χ0v) is 17.8. The SMILES string of the molecule is Fc1ccc(C(SSC(c2ccccc2)c2ccc(F)cc2)c2ccccc2)cc1. The number of halogens is 2. The Balaban J connectivity index is 1.65. The zero-order valence-electron chi connectivity index (χ0n) is 16.1. The predicted octanol–water partition coefficient (Wildman–Crippen LogP) is 8.23. The van der Waals surface area contributed by atoms with E-state index < -0.39 is 0 Å². The van der Waals surface area contributed by atoms with Gasteiger partial charge in [-0.1, -0.05) is 107 Å². The Morgan fingerprint density at radius 3 is 1.03 bits per heavy atom. The first-order valence-electron chi connectivity index (χ1n) is 9.63. The summed E-state index contributed by atoms with van der Waals surface area (Å²) in [6.45, 7) is 0. The zero-order chi connectivity index (χ0) is 20.8. The lowest BCUT2D eigenvalue weighted by Crippen LogP contribution is -1.99. The van der Waals surface area contributed by atoms with Gasteiger partial charge in [0.1, 0.15) is 11.6 Å². The van der Waals surface area contributed by atoms with Crippen molar-refractivity contribution in [3.8, 4) is 0 Å². The van der Waals surface area contributed by atoms with Crippen molar-refractivity contribution in [2.24, 2.45) is 0 Å². The molecule has 0 fully saturated rings. The van der Waals surface area contributed by atoms with Crippen molar-refractivity contribution in [1.29, 1.82) is 0 Å². The molecule has 0 heterocycles. The van der Waals surface area contributed by atoms with Crippen LogP contribution in [0.1, 0.15) is 32.8 Å². The fourth-order valence-corrected chi connectivity index (χ4v) is 6.54. The van der Waals surface area contributed by atoms with Gasteiger partial charge in [0.25, 0.3) is 0 Å². The molecule has 0 spiro atoms. The van der Waals surface area contributed by atoms with Gasteiger partial charge in [-0.2, -0.15) is 0 Å². The van der Waals surface area contributed by atoms with E-state index in [4.69, 9.17) is 0 Å². The molecule has 30 heavy (non-hydrogen) atoms. The van der Waals surface area contributed by atoms with Gasteiger partial charge in [0.2, 0.25) is 0 Å². The Morgan fingerprint density at radius 1 is 0.400 bits per heavy atom. The molecule has 0 aliphatic carbocycles. The normalized spacial score (nSPS) is 13.0. The number of hydrogen-bond donors (Lipinski definition) is 0. The fraction of sp³-hybridized carbons (Fsp3) is 0.0769. The molecule has 2 unspecified atom stereocenters. The first-order valence-corrected chi connectivity index (χ1v) is 11.9. The molecule has 0 aliphatic rings. The van der Waals surface area contributed by atoms with Crippen LogP contribution in [0.15, 0.2) is 109 Å². The summed E-state index contributed by atoms with van der Waals surface area (Å²) in [5.41, 5.74) is 4.41. The van der Waals surface area contributed by atoms with E-state index in [0.29, 0.717) is 0 Å². The molecular weight excluding hydrogens is 414 g/mol. The second-order valence-electron chi connectivity index (χ2n) is 6.88. The van der Waals surface area contributed by atoms with Crippen LogP contribution in [0.2, 0.25) is 0 Å². The molecule has 4 heteroatoms. The van der Waals surface area contributed by atoms with Crippen molar-refractivity contribution in [3.63, 3.8) is 0 Å². The van der Waals surface area contributed by atoms with Crippen LogP contribution >= 0.6 is 21.6 Å². The largest absolute Gasteiger partial charge is 0.207 e. The van der Waals surface area contributed by atoms with Crippen LogP contribution in [-0.2, 0) is 0 Å². The van der Waals surface area contributed by atoms with E-state index in [0.717, 1.165) is 22.3 Å². The summed E-state index contributed by atoms with van der Waals surface area (Å²) in [6, 6.07) is 33.8. The van der Waals surface area contributed by atoms with E-state index in [1.807, 2.05) is 60.7 Å². The summed E-state index contributed by atoms with van der Waals surface area (Å²) < 4.78 is 27.0. The highest BCUT2D eigenvalue weighted by molar-refractivity contribution is 8.76. The molecule has 0 bridgehead atoms. The lowest BCUT2D eigenvalue weighted by molar-refractivity contribution is 0.626. The molecule has 0 saturated carbocycles. The van der Waals surface area contributed by atoms with E-state index in [9.17, 15) is 8.78 Å². The smallest absolute Gasteiger partial charge is 0.123 e. The third-order valence-corrected chi connectivity index (χ3v) is 7.87. The Morgan fingerprint density at radius 2 is 0.700 bits per heavy atom. The minimum absolute atomic E-state index is 0.0449. The van der Waals surface area contributed by atoms with Gasteiger partial charge in [-0.3, -0.25) is 0 Å². The average Bonchev–Trinajstić information content (AvgIpc) is 2.80. The van der Waals surface area contributed by atoms with Crippen LogP contribution in [0.3, 0.4) is 0 Å². The van der Waals surface area contributed by atoms with Gasteiger partial charge in [0.05, 0.1) is 10.5 Å². The van der Waals surface area contributed by atoms with Crippen molar-refractivity contribution in [3.05, 3.63) is 143 Å². The van der Waals surface area contributed by atoms with E-state index in [1.165, 1.54) is 24.3 Å². The van der Waals surface area contributed by atoms with E-state index in [-0.39, 0.29) is 22.1 Å². The molecule has 2 atom stereocenters. The van der Waals surface area contributed by atoms with Gasteiger partial charge in [0, 0.05) is 0 Å². The highest BCUT2D eigenvalue weighted by Crippen LogP contribution is 2.51. The summed E-state index contributed by atoms with van der Waals surface area (Å²) in [5, 5.41) is 0.0897. The van der Waals surface area contributed by atoms with Crippen LogP contribution in [0, 0.1) is 11.6 Å². The monoisotopic (exact) mass is 434 g/mol. The average molecular weight is 435 g/mol. The van der Waals surface area contributed by atoms with Crippen molar-refractivity contribution >= 4 is 21.6 Å². The number of benzene rings is 4. The van der Waals surface area contributed by atoms with Gasteiger partial charge < -0.3 is 0 Å². The summed E-state index contributed by atoms with van der Waals surface area (Å²) >= 11 is 0. The maximum Gasteiger partial charge on any atom is 0.123 e. The Kier molecular flexibility index (Phi) is 6.88. The second-order valence-corrected chi connectivity index (χ2v) is 9.36. The summed E-state index contributed by atoms with van der Waals surface area (Å²) in [7, 11) is 3.47. The lowest BCUT2D eigenvalue weighted by Gasteiger charge is -2.22. The van der Waals surface area contributed by atoms with Crippen LogP contribution in [0.25, 0.3) is 0 Å². The van der Waals surface area contributed by atoms with Crippen molar-refractivity contribution in [1.82, 2.24) is 0 Å². The fourth-order valence-electron chi connectivity index (χ4n) is 3.25. The number of rotatable bonds is 7. The molecule has 0 aliphatic heterocycles. The van der Waals surface area contributed by atoms with Gasteiger partial charge in [-0.05, 0) is 46.5 Å². The van der Waals surface area contributed by atoms with Gasteiger partial charge in [0.15, 0.2) is 0 Å². The Bertz CT molecular complexity index is 961. The maximum absolute atomic E-state index is 13.5. The van der Waals surface area contributed by atoms with Crippen molar-refractivity contribution in [2.75, 3.05) is 0 Å². The molecule has 4 rings (SSSR count). The second kappa shape index (κ2) is 9.96. The van der Waals surface area contributed by atoms with Crippen LogP contribution < -0.4 is 0 Å². The van der Waals surface area contributed by atoms with Crippen LogP contribution in [0.5, 0.6) is 0 Å². The highest BCUT2D eigenvalue weighted by atomic mass is 33.1. The van der Waals surface area contributed by atoms with Gasteiger partial charge in [-0.15, -0.1) is 0 Å². The molecule has 0 nitrogen and oxygen atoms in total. The molecule has 0 aromatic heterocycles. The third-order valence-electron chi connectivity index (χ3n) is 4.80.